The van der Waals surface area contributed by atoms with Crippen LogP contribution in [0.1, 0.15) is 96.8 Å². The molecule has 0 radical (unpaired) electrons. The summed E-state index contributed by atoms with van der Waals surface area (Å²) in [6.45, 7) is 6.34. The van der Waals surface area contributed by atoms with Crippen molar-refractivity contribution in [2.45, 2.75) is 96.8 Å². The number of hydroxylamine groups is 2. The van der Waals surface area contributed by atoms with E-state index in [9.17, 15) is 4.79 Å². The van der Waals surface area contributed by atoms with Crippen molar-refractivity contribution < 1.29 is 9.63 Å². The van der Waals surface area contributed by atoms with Crippen molar-refractivity contribution in [3.05, 3.63) is 24.8 Å². The van der Waals surface area contributed by atoms with Crippen LogP contribution in [-0.4, -0.2) is 24.1 Å². The molecule has 0 aromatic heterocycles. The van der Waals surface area contributed by atoms with Crippen LogP contribution in [0, 0.1) is 12.3 Å². The van der Waals surface area contributed by atoms with Crippen molar-refractivity contribution in [1.29, 1.82) is 0 Å². The van der Waals surface area contributed by atoms with Crippen molar-refractivity contribution in [3.8, 4) is 12.3 Å². The molecule has 0 rings (SSSR count). The second-order valence-electron chi connectivity index (χ2n) is 7.05. The van der Waals surface area contributed by atoms with Gasteiger partial charge in [-0.1, -0.05) is 82.4 Å². The summed E-state index contributed by atoms with van der Waals surface area (Å²) in [6.07, 6.45) is 28.3. The van der Waals surface area contributed by atoms with E-state index < -0.39 is 0 Å². The fourth-order valence-electron chi connectivity index (χ4n) is 2.90. The van der Waals surface area contributed by atoms with Gasteiger partial charge in [-0.15, -0.1) is 13.0 Å². The number of rotatable bonds is 19. The molecule has 0 aromatic carbocycles. The number of nitrogens with zero attached hydrogens (tertiary/aromatic N) is 1. The minimum atomic E-state index is -0.0348. The summed E-state index contributed by atoms with van der Waals surface area (Å²) >= 11 is 0. The van der Waals surface area contributed by atoms with Gasteiger partial charge in [-0.3, -0.25) is 9.63 Å². The van der Waals surface area contributed by atoms with Gasteiger partial charge in [0.15, 0.2) is 0 Å². The highest BCUT2D eigenvalue weighted by atomic mass is 16.7. The van der Waals surface area contributed by atoms with Gasteiger partial charge < -0.3 is 0 Å². The molecule has 0 spiro atoms. The zero-order valence-corrected chi connectivity index (χ0v) is 17.6. The second-order valence-corrected chi connectivity index (χ2v) is 7.05. The maximum absolute atomic E-state index is 12.0. The third kappa shape index (κ3) is 17.6. The van der Waals surface area contributed by atoms with Crippen molar-refractivity contribution in [2.24, 2.45) is 0 Å². The summed E-state index contributed by atoms with van der Waals surface area (Å²) in [5.74, 6) is 2.42. The largest absolute Gasteiger partial charge is 0.273 e. The van der Waals surface area contributed by atoms with Gasteiger partial charge >= 0.3 is 0 Å². The molecule has 154 valence electrons. The molecule has 0 N–H and O–H groups in total. The van der Waals surface area contributed by atoms with Gasteiger partial charge in [0.1, 0.15) is 6.54 Å². The molecule has 3 nitrogen and oxygen atoms in total. The van der Waals surface area contributed by atoms with Crippen LogP contribution in [0.2, 0.25) is 0 Å². The van der Waals surface area contributed by atoms with E-state index in [2.05, 4.69) is 31.6 Å². The number of carbonyl (C=O) groups excluding carboxylic acids is 1. The van der Waals surface area contributed by atoms with E-state index in [1.807, 2.05) is 0 Å². The van der Waals surface area contributed by atoms with Crippen LogP contribution in [-0.2, 0) is 9.63 Å². The predicted octanol–water partition coefficient (Wildman–Crippen LogP) is 6.60. The predicted molar refractivity (Wildman–Crippen MR) is 116 cm³/mol. The monoisotopic (exact) mass is 375 g/mol. The molecule has 0 atom stereocenters. The third-order valence-electron chi connectivity index (χ3n) is 4.51. The molecule has 0 unspecified atom stereocenters. The topological polar surface area (TPSA) is 29.5 Å². The Bertz CT molecular complexity index is 423. The third-order valence-corrected chi connectivity index (χ3v) is 4.51. The van der Waals surface area contributed by atoms with Crippen LogP contribution < -0.4 is 0 Å². The highest BCUT2D eigenvalue weighted by Gasteiger charge is 2.12. The van der Waals surface area contributed by atoms with Gasteiger partial charge in [0, 0.05) is 6.42 Å². The van der Waals surface area contributed by atoms with Crippen LogP contribution in [0.15, 0.2) is 24.8 Å². The molecule has 0 heterocycles. The normalized spacial score (nSPS) is 10.8. The Morgan fingerprint density at radius 2 is 1.52 bits per heavy atom. The lowest BCUT2D eigenvalue weighted by molar-refractivity contribution is -0.178. The van der Waals surface area contributed by atoms with Gasteiger partial charge in [-0.25, -0.2) is 5.06 Å². The van der Waals surface area contributed by atoms with Crippen LogP contribution in [0.25, 0.3) is 0 Å². The molecule has 27 heavy (non-hydrogen) atoms. The number of unbranched alkanes of at least 4 members (excludes halogenated alkanes) is 11. The zero-order valence-electron chi connectivity index (χ0n) is 17.6. The van der Waals surface area contributed by atoms with E-state index in [1.165, 1.54) is 75.7 Å². The number of amides is 1. The average molecular weight is 376 g/mol. The van der Waals surface area contributed by atoms with Crippen LogP contribution in [0.4, 0.5) is 0 Å². The van der Waals surface area contributed by atoms with Crippen molar-refractivity contribution >= 4 is 5.91 Å². The summed E-state index contributed by atoms with van der Waals surface area (Å²) in [5, 5.41) is 1.27. The number of carbonyl (C=O) groups is 1. The Labute approximate surface area is 168 Å². The minimum Gasteiger partial charge on any atom is -0.273 e. The van der Waals surface area contributed by atoms with Crippen molar-refractivity contribution in [3.63, 3.8) is 0 Å². The molecule has 0 aliphatic rings. The standard InChI is InChI=1S/C24H41NO2/c1-4-7-8-9-10-11-12-13-14-15-16-17-18-19-20-21-24(26)25(22-5-2)27-23-6-3/h2,6,13-14H,3-4,7-12,15-23H2,1H3. The molecule has 0 bridgehead atoms. The van der Waals surface area contributed by atoms with E-state index in [4.69, 9.17) is 11.3 Å². The summed E-state index contributed by atoms with van der Waals surface area (Å²) in [7, 11) is 0. The Morgan fingerprint density at radius 1 is 0.963 bits per heavy atom. The molecular weight excluding hydrogens is 334 g/mol. The molecule has 0 aliphatic heterocycles. The summed E-state index contributed by atoms with van der Waals surface area (Å²) in [6, 6.07) is 0. The molecule has 3 heteroatoms. The van der Waals surface area contributed by atoms with E-state index >= 15 is 0 Å². The maximum Gasteiger partial charge on any atom is 0.247 e. The number of hydrogen-bond acceptors (Lipinski definition) is 2. The summed E-state index contributed by atoms with van der Waals surface area (Å²) in [5.41, 5.74) is 0. The molecule has 0 fully saturated rings. The van der Waals surface area contributed by atoms with Gasteiger partial charge in [0.05, 0.1) is 6.61 Å². The number of terminal acetylenes is 1. The molecule has 1 amide bonds. The highest BCUT2D eigenvalue weighted by Crippen LogP contribution is 2.10. The second kappa shape index (κ2) is 20.8. The average Bonchev–Trinajstić information content (AvgIpc) is 2.68. The van der Waals surface area contributed by atoms with E-state index in [0.717, 1.165) is 12.8 Å². The molecule has 0 saturated carbocycles. The van der Waals surface area contributed by atoms with Gasteiger partial charge in [0.2, 0.25) is 5.91 Å². The van der Waals surface area contributed by atoms with Crippen LogP contribution in [0.3, 0.4) is 0 Å². The van der Waals surface area contributed by atoms with Crippen molar-refractivity contribution in [1.82, 2.24) is 5.06 Å². The Balaban J connectivity index is 3.47. The Kier molecular flexibility index (Phi) is 19.6. The maximum atomic E-state index is 12.0. The summed E-state index contributed by atoms with van der Waals surface area (Å²) < 4.78 is 0. The fraction of sp³-hybridized carbons (Fsp3) is 0.708. The van der Waals surface area contributed by atoms with E-state index in [1.54, 1.807) is 6.08 Å². The minimum absolute atomic E-state index is 0.0348. The lowest BCUT2D eigenvalue weighted by Gasteiger charge is -2.18. The smallest absolute Gasteiger partial charge is 0.247 e. The van der Waals surface area contributed by atoms with Gasteiger partial charge in [-0.2, -0.15) is 0 Å². The van der Waals surface area contributed by atoms with E-state index in [-0.39, 0.29) is 12.5 Å². The zero-order chi connectivity index (χ0) is 20.0. The Hall–Kier alpha value is -1.53. The fourth-order valence-corrected chi connectivity index (χ4v) is 2.90. The van der Waals surface area contributed by atoms with Gasteiger partial charge in [0.25, 0.3) is 0 Å². The first-order valence-electron chi connectivity index (χ1n) is 10.9. The molecular formula is C24H41NO2. The van der Waals surface area contributed by atoms with Crippen LogP contribution >= 0.6 is 0 Å². The lowest BCUT2D eigenvalue weighted by atomic mass is 10.1. The lowest BCUT2D eigenvalue weighted by Crippen LogP contribution is -2.31. The van der Waals surface area contributed by atoms with Crippen molar-refractivity contribution in [2.75, 3.05) is 13.2 Å². The first kappa shape index (κ1) is 25.5. The molecule has 0 aromatic rings. The first-order chi connectivity index (χ1) is 13.3. The quantitative estimate of drug-likeness (QED) is 0.110. The molecule has 0 saturated heterocycles. The number of allylic oxidation sites excluding steroid dienone is 2. The number of hydrogen-bond donors (Lipinski definition) is 0. The van der Waals surface area contributed by atoms with Crippen LogP contribution in [0.5, 0.6) is 0 Å². The molecule has 0 aliphatic carbocycles. The van der Waals surface area contributed by atoms with E-state index in [0.29, 0.717) is 13.0 Å². The first-order valence-corrected chi connectivity index (χ1v) is 10.9. The summed E-state index contributed by atoms with van der Waals surface area (Å²) in [4.78, 5) is 17.3. The van der Waals surface area contributed by atoms with Gasteiger partial charge in [-0.05, 0) is 32.1 Å². The highest BCUT2D eigenvalue weighted by molar-refractivity contribution is 5.75. The Morgan fingerprint density at radius 3 is 2.07 bits per heavy atom. The SMILES string of the molecule is C#CCN(OCC=C)C(=O)CCCCCCCC=CCCCCCCCC.